The summed E-state index contributed by atoms with van der Waals surface area (Å²) >= 11 is 0. The molecule has 0 saturated heterocycles. The van der Waals surface area contributed by atoms with E-state index in [1.54, 1.807) is 0 Å². The van der Waals surface area contributed by atoms with Crippen molar-refractivity contribution >= 4 is 23.8 Å². The van der Waals surface area contributed by atoms with E-state index in [0.29, 0.717) is 64.7 Å². The Hall–Kier alpha value is -2.40. The van der Waals surface area contributed by atoms with Crippen molar-refractivity contribution < 1.29 is 19.2 Å². The molecule has 0 radical (unpaired) electrons. The number of hydrogen-bond donors (Lipinski definition) is 7. The van der Waals surface area contributed by atoms with Gasteiger partial charge in [-0.05, 0) is 64.5 Å². The van der Waals surface area contributed by atoms with Crippen LogP contribution in [-0.2, 0) is 14.4 Å². The number of primary amides is 1. The zero-order valence-electron chi connectivity index (χ0n) is 18.0. The first-order chi connectivity index (χ1) is 14.3. The Morgan fingerprint density at radius 3 is 1.67 bits per heavy atom. The molecule has 0 aromatic carbocycles. The molecule has 11 nitrogen and oxygen atoms in total. The van der Waals surface area contributed by atoms with Crippen LogP contribution in [0.4, 0.5) is 4.79 Å². The van der Waals surface area contributed by atoms with Gasteiger partial charge < -0.3 is 38.5 Å². The van der Waals surface area contributed by atoms with Crippen LogP contribution in [0.1, 0.15) is 58.3 Å². The lowest BCUT2D eigenvalue weighted by molar-refractivity contribution is -0.132. The number of carbonyl (C=O) groups excluding carboxylic acids is 4. The van der Waals surface area contributed by atoms with Crippen LogP contribution in [0.5, 0.6) is 0 Å². The molecule has 0 heterocycles. The first-order valence-electron chi connectivity index (χ1n) is 10.6. The maximum absolute atomic E-state index is 12.7. The van der Waals surface area contributed by atoms with Gasteiger partial charge in [-0.2, -0.15) is 0 Å². The maximum atomic E-state index is 12.7. The third-order valence-corrected chi connectivity index (χ3v) is 4.42. The molecular weight excluding hydrogens is 390 g/mol. The molecule has 10 N–H and O–H groups in total. The summed E-state index contributed by atoms with van der Waals surface area (Å²) in [6, 6.07) is -2.00. The van der Waals surface area contributed by atoms with Crippen molar-refractivity contribution in [3.8, 4) is 0 Å². The van der Waals surface area contributed by atoms with E-state index in [4.69, 9.17) is 17.2 Å². The summed E-state index contributed by atoms with van der Waals surface area (Å²) in [7, 11) is 0. The zero-order valence-corrected chi connectivity index (χ0v) is 18.0. The molecule has 0 spiro atoms. The van der Waals surface area contributed by atoms with Gasteiger partial charge in [0, 0.05) is 20.0 Å². The fourth-order valence-corrected chi connectivity index (χ4v) is 2.84. The Morgan fingerprint density at radius 1 is 0.700 bits per heavy atom. The van der Waals surface area contributed by atoms with Gasteiger partial charge in [0.25, 0.3) is 0 Å². The summed E-state index contributed by atoms with van der Waals surface area (Å²) in [6.45, 7) is 3.20. The average Bonchev–Trinajstić information content (AvgIpc) is 2.68. The van der Waals surface area contributed by atoms with Gasteiger partial charge in [0.15, 0.2) is 0 Å². The van der Waals surface area contributed by atoms with Crippen LogP contribution < -0.4 is 38.5 Å². The first-order valence-corrected chi connectivity index (χ1v) is 10.6. The number of hydrogen-bond acceptors (Lipinski definition) is 6. The highest BCUT2D eigenvalue weighted by Crippen LogP contribution is 2.05. The molecule has 0 aliphatic rings. The molecule has 0 rings (SSSR count). The van der Waals surface area contributed by atoms with Crippen molar-refractivity contribution in [2.75, 3.05) is 26.2 Å². The third kappa shape index (κ3) is 14.6. The molecule has 0 bridgehead atoms. The van der Waals surface area contributed by atoms with Crippen LogP contribution in [0.2, 0.25) is 0 Å². The summed E-state index contributed by atoms with van der Waals surface area (Å²) in [6.07, 6.45) is 5.09. The minimum absolute atomic E-state index is 0.285. The number of unbranched alkanes of at least 4 members (excludes halogenated alkanes) is 3. The molecule has 0 unspecified atom stereocenters. The van der Waals surface area contributed by atoms with E-state index in [1.165, 1.54) is 6.92 Å². The Kier molecular flexibility index (Phi) is 16.1. The van der Waals surface area contributed by atoms with Gasteiger partial charge in [-0.1, -0.05) is 0 Å². The molecule has 30 heavy (non-hydrogen) atoms. The summed E-state index contributed by atoms with van der Waals surface area (Å²) in [5, 5.41) is 10.7. The monoisotopic (exact) mass is 429 g/mol. The number of nitrogens with two attached hydrogens (primary N) is 3. The first kappa shape index (κ1) is 27.6. The molecule has 0 aromatic heterocycles. The van der Waals surface area contributed by atoms with Crippen molar-refractivity contribution in [1.82, 2.24) is 21.3 Å². The molecule has 0 fully saturated rings. The average molecular weight is 430 g/mol. The second-order valence-electron chi connectivity index (χ2n) is 7.17. The van der Waals surface area contributed by atoms with Crippen molar-refractivity contribution in [3.63, 3.8) is 0 Å². The van der Waals surface area contributed by atoms with Crippen molar-refractivity contribution in [2.24, 2.45) is 17.2 Å². The summed E-state index contributed by atoms with van der Waals surface area (Å²) in [5.41, 5.74) is 16.0. The second-order valence-corrected chi connectivity index (χ2v) is 7.17. The van der Waals surface area contributed by atoms with E-state index in [9.17, 15) is 19.2 Å². The van der Waals surface area contributed by atoms with Crippen LogP contribution in [0.15, 0.2) is 0 Å². The maximum Gasteiger partial charge on any atom is 0.312 e. The predicted octanol–water partition coefficient (Wildman–Crippen LogP) is -1.20. The summed E-state index contributed by atoms with van der Waals surface area (Å²) in [4.78, 5) is 47.3. The van der Waals surface area contributed by atoms with Crippen LogP contribution in [0, 0.1) is 0 Å². The van der Waals surface area contributed by atoms with E-state index >= 15 is 0 Å². The van der Waals surface area contributed by atoms with E-state index in [-0.39, 0.29) is 17.7 Å². The van der Waals surface area contributed by atoms with Gasteiger partial charge in [0.05, 0.1) is 0 Å². The molecular formula is C19H39N7O4. The largest absolute Gasteiger partial charge is 0.354 e. The van der Waals surface area contributed by atoms with Crippen LogP contribution in [-0.4, -0.2) is 62.0 Å². The highest BCUT2D eigenvalue weighted by atomic mass is 16.2. The lowest BCUT2D eigenvalue weighted by atomic mass is 10.1. The molecule has 0 aliphatic carbocycles. The van der Waals surface area contributed by atoms with Gasteiger partial charge in [0.1, 0.15) is 12.1 Å². The van der Waals surface area contributed by atoms with E-state index < -0.39 is 18.1 Å². The number of carbonyl (C=O) groups is 4. The topological polar surface area (TPSA) is 194 Å². The molecule has 0 saturated carbocycles. The summed E-state index contributed by atoms with van der Waals surface area (Å²) < 4.78 is 0. The highest BCUT2D eigenvalue weighted by Gasteiger charge is 2.25. The minimum atomic E-state index is -0.710. The smallest absolute Gasteiger partial charge is 0.312 e. The van der Waals surface area contributed by atoms with E-state index in [2.05, 4.69) is 21.3 Å². The fraction of sp³-hybridized carbons (Fsp3) is 0.789. The van der Waals surface area contributed by atoms with E-state index in [0.717, 1.165) is 12.8 Å². The van der Waals surface area contributed by atoms with Gasteiger partial charge in [-0.15, -0.1) is 0 Å². The molecule has 0 aromatic rings. The second kappa shape index (κ2) is 17.5. The van der Waals surface area contributed by atoms with Crippen LogP contribution in [0.3, 0.4) is 0 Å². The normalized spacial score (nSPS) is 12.5. The van der Waals surface area contributed by atoms with Gasteiger partial charge in [-0.25, -0.2) is 4.79 Å². The minimum Gasteiger partial charge on any atom is -0.354 e. The number of nitrogens with one attached hydrogen (secondary N) is 4. The Balaban J connectivity index is 4.73. The molecule has 5 amide bonds. The predicted molar refractivity (Wildman–Crippen MR) is 115 cm³/mol. The number of urea groups is 1. The fourth-order valence-electron chi connectivity index (χ4n) is 2.84. The Morgan fingerprint density at radius 2 is 1.20 bits per heavy atom. The third-order valence-electron chi connectivity index (χ3n) is 4.42. The lowest BCUT2D eigenvalue weighted by Crippen LogP contribution is -2.53. The zero-order chi connectivity index (χ0) is 22.8. The number of rotatable bonds is 17. The van der Waals surface area contributed by atoms with Gasteiger partial charge in [-0.3, -0.25) is 14.4 Å². The van der Waals surface area contributed by atoms with Crippen LogP contribution in [0.25, 0.3) is 0 Å². The molecule has 11 heteroatoms. The van der Waals surface area contributed by atoms with Crippen molar-refractivity contribution in [3.05, 3.63) is 0 Å². The standard InChI is InChI=1S/C19H39N7O4/c1-14(27)25-16(9-3-5-11-21)18(29)26-15(8-2-4-10-20)17(28)23-12-6-7-13-24-19(22)30/h15-16H,2-13,20-21H2,1H3,(H,23,28)(H,25,27)(H,26,29)(H3,22,24,30)/t15-,16-/m0/s1. The molecule has 0 aliphatic heterocycles. The summed E-state index contributed by atoms with van der Waals surface area (Å²) in [5.74, 6) is -0.982. The van der Waals surface area contributed by atoms with Crippen LogP contribution >= 0.6 is 0 Å². The van der Waals surface area contributed by atoms with Gasteiger partial charge in [0.2, 0.25) is 17.7 Å². The van der Waals surface area contributed by atoms with Crippen molar-refractivity contribution in [2.45, 2.75) is 70.4 Å². The number of amides is 5. The Bertz CT molecular complexity index is 531. The lowest BCUT2D eigenvalue weighted by Gasteiger charge is -2.23. The quantitative estimate of drug-likeness (QED) is 0.142. The molecule has 2 atom stereocenters. The molecule has 174 valence electrons. The highest BCUT2D eigenvalue weighted by molar-refractivity contribution is 5.91. The SMILES string of the molecule is CC(=O)N[C@@H](CCCCN)C(=O)N[C@@H](CCCCN)C(=O)NCCCCNC(N)=O. The Labute approximate surface area is 178 Å². The van der Waals surface area contributed by atoms with Gasteiger partial charge >= 0.3 is 6.03 Å². The van der Waals surface area contributed by atoms with E-state index in [1.807, 2.05) is 0 Å². The van der Waals surface area contributed by atoms with Crippen molar-refractivity contribution in [1.29, 1.82) is 0 Å².